The van der Waals surface area contributed by atoms with Crippen molar-refractivity contribution in [3.63, 3.8) is 0 Å². The van der Waals surface area contributed by atoms with Crippen molar-refractivity contribution in [1.82, 2.24) is 0 Å². The van der Waals surface area contributed by atoms with Crippen LogP contribution in [0.4, 0.5) is 5.69 Å². The molecule has 0 saturated carbocycles. The summed E-state index contributed by atoms with van der Waals surface area (Å²) < 4.78 is 17.0. The molecule has 132 valence electrons. The molecule has 1 amide bonds. The second-order valence-corrected chi connectivity index (χ2v) is 7.43. The van der Waals surface area contributed by atoms with Gasteiger partial charge in [0.2, 0.25) is 0 Å². The molecule has 0 saturated heterocycles. The van der Waals surface area contributed by atoms with Gasteiger partial charge in [0.25, 0.3) is 5.91 Å². The third-order valence-corrected chi connectivity index (χ3v) is 5.09. The minimum Gasteiger partial charge on any atom is -0.452 e. The molecule has 2 rings (SSSR count). The van der Waals surface area contributed by atoms with Gasteiger partial charge in [0.15, 0.2) is 6.61 Å². The molecule has 5 nitrogen and oxygen atoms in total. The predicted octanol–water partition coefficient (Wildman–Crippen LogP) is 3.92. The average molecular weight is 400 g/mol. The van der Waals surface area contributed by atoms with Crippen molar-refractivity contribution < 1.29 is 18.5 Å². The first-order valence-corrected chi connectivity index (χ1v) is 9.39. The number of esters is 1. The molecule has 0 unspecified atom stereocenters. The fourth-order valence-corrected chi connectivity index (χ4v) is 3.25. The van der Waals surface area contributed by atoms with Crippen LogP contribution in [0.2, 0.25) is 10.0 Å². The molecule has 2 aromatic rings. The van der Waals surface area contributed by atoms with E-state index in [4.69, 9.17) is 27.9 Å². The maximum absolute atomic E-state index is 12.2. The minimum atomic E-state index is -1.31. The van der Waals surface area contributed by atoms with Gasteiger partial charge >= 0.3 is 5.97 Å². The summed E-state index contributed by atoms with van der Waals surface area (Å²) in [7, 11) is -1.31. The number of halogens is 2. The number of anilines is 1. The Labute approximate surface area is 157 Å². The third kappa shape index (κ3) is 5.29. The van der Waals surface area contributed by atoms with Gasteiger partial charge in [0.05, 0.1) is 32.0 Å². The zero-order valence-electron chi connectivity index (χ0n) is 13.3. The summed E-state index contributed by atoms with van der Waals surface area (Å²) >= 11 is 11.8. The number of nitrogens with one attached hydrogen (secondary N) is 1. The van der Waals surface area contributed by atoms with Crippen molar-refractivity contribution >= 4 is 51.6 Å². The van der Waals surface area contributed by atoms with E-state index in [0.29, 0.717) is 26.4 Å². The standard InChI is InChI=1S/C17H15Cl2NO4S/c1-2-25(23)15-6-4-3-5-12(15)17(22)24-10-16(21)20-14-9-11(18)7-8-13(14)19/h3-9H,2,10H2,1H3,(H,20,21)/t25-/m0/s1. The van der Waals surface area contributed by atoms with Crippen LogP contribution in [-0.2, 0) is 20.3 Å². The maximum Gasteiger partial charge on any atom is 0.339 e. The first kappa shape index (κ1) is 19.4. The Morgan fingerprint density at radius 2 is 1.88 bits per heavy atom. The monoisotopic (exact) mass is 399 g/mol. The second kappa shape index (κ2) is 8.99. The van der Waals surface area contributed by atoms with E-state index in [2.05, 4.69) is 5.32 Å². The first-order chi connectivity index (χ1) is 11.9. The van der Waals surface area contributed by atoms with Crippen molar-refractivity contribution in [2.45, 2.75) is 11.8 Å². The lowest BCUT2D eigenvalue weighted by Gasteiger charge is -2.10. The van der Waals surface area contributed by atoms with E-state index in [1.54, 1.807) is 37.3 Å². The Bertz CT molecular complexity index is 826. The average Bonchev–Trinajstić information content (AvgIpc) is 2.62. The zero-order chi connectivity index (χ0) is 18.4. The number of carbonyl (C=O) groups excluding carboxylic acids is 2. The smallest absolute Gasteiger partial charge is 0.339 e. The van der Waals surface area contributed by atoms with Gasteiger partial charge in [-0.3, -0.25) is 9.00 Å². The predicted molar refractivity (Wildman–Crippen MR) is 98.8 cm³/mol. The first-order valence-electron chi connectivity index (χ1n) is 7.31. The highest BCUT2D eigenvalue weighted by molar-refractivity contribution is 7.85. The lowest BCUT2D eigenvalue weighted by atomic mass is 10.2. The molecule has 0 spiro atoms. The molecule has 0 aromatic heterocycles. The molecule has 0 radical (unpaired) electrons. The zero-order valence-corrected chi connectivity index (χ0v) is 15.6. The second-order valence-electron chi connectivity index (χ2n) is 4.88. The van der Waals surface area contributed by atoms with Crippen LogP contribution in [0, 0.1) is 0 Å². The van der Waals surface area contributed by atoms with E-state index in [0.717, 1.165) is 0 Å². The van der Waals surface area contributed by atoms with E-state index >= 15 is 0 Å². The number of carbonyl (C=O) groups is 2. The summed E-state index contributed by atoms with van der Waals surface area (Å²) in [6.45, 7) is 1.25. The van der Waals surface area contributed by atoms with Gasteiger partial charge in [-0.05, 0) is 30.3 Å². The molecular weight excluding hydrogens is 385 g/mol. The summed E-state index contributed by atoms with van der Waals surface area (Å²) in [5.41, 5.74) is 0.499. The van der Waals surface area contributed by atoms with Crippen LogP contribution < -0.4 is 5.32 Å². The molecule has 1 atom stereocenters. The van der Waals surface area contributed by atoms with Crippen molar-refractivity contribution in [2.24, 2.45) is 0 Å². The normalized spacial score (nSPS) is 11.6. The van der Waals surface area contributed by atoms with E-state index in [9.17, 15) is 13.8 Å². The molecule has 0 aliphatic rings. The fraction of sp³-hybridized carbons (Fsp3) is 0.176. The molecule has 8 heteroatoms. The third-order valence-electron chi connectivity index (χ3n) is 3.15. The highest BCUT2D eigenvalue weighted by atomic mass is 35.5. The van der Waals surface area contributed by atoms with Gasteiger partial charge < -0.3 is 10.1 Å². The van der Waals surface area contributed by atoms with Crippen LogP contribution in [-0.4, -0.2) is 28.4 Å². The Morgan fingerprint density at radius 3 is 2.60 bits per heavy atom. The Kier molecular flexibility index (Phi) is 6.99. The summed E-state index contributed by atoms with van der Waals surface area (Å²) in [6.07, 6.45) is 0. The molecule has 25 heavy (non-hydrogen) atoms. The van der Waals surface area contributed by atoms with Crippen molar-refractivity contribution in [1.29, 1.82) is 0 Å². The van der Waals surface area contributed by atoms with Crippen molar-refractivity contribution in [2.75, 3.05) is 17.7 Å². The Hall–Kier alpha value is -1.89. The van der Waals surface area contributed by atoms with Crippen molar-refractivity contribution in [3.8, 4) is 0 Å². The van der Waals surface area contributed by atoms with E-state index in [1.807, 2.05) is 0 Å². The molecular formula is C17H15Cl2NO4S. The molecule has 2 aromatic carbocycles. The van der Waals surface area contributed by atoms with Crippen LogP contribution in [0.3, 0.4) is 0 Å². The van der Waals surface area contributed by atoms with Gasteiger partial charge in [-0.2, -0.15) is 0 Å². The Balaban J connectivity index is 2.02. The van der Waals surface area contributed by atoms with Gasteiger partial charge in [-0.25, -0.2) is 4.79 Å². The van der Waals surface area contributed by atoms with Gasteiger partial charge in [0.1, 0.15) is 0 Å². The van der Waals surface area contributed by atoms with E-state index in [1.165, 1.54) is 12.1 Å². The van der Waals surface area contributed by atoms with Crippen LogP contribution in [0.25, 0.3) is 0 Å². The molecule has 0 heterocycles. The van der Waals surface area contributed by atoms with E-state index in [-0.39, 0.29) is 5.56 Å². The number of ether oxygens (including phenoxy) is 1. The Morgan fingerprint density at radius 1 is 1.16 bits per heavy atom. The summed E-state index contributed by atoms with van der Waals surface area (Å²) in [5.74, 6) is -0.908. The highest BCUT2D eigenvalue weighted by Crippen LogP contribution is 2.25. The summed E-state index contributed by atoms with van der Waals surface area (Å²) in [4.78, 5) is 24.5. The van der Waals surface area contributed by atoms with Crippen LogP contribution in [0.15, 0.2) is 47.4 Å². The summed E-state index contributed by atoms with van der Waals surface area (Å²) in [6, 6.07) is 11.1. The number of hydrogen-bond acceptors (Lipinski definition) is 4. The molecule has 0 bridgehead atoms. The molecule has 0 aliphatic heterocycles. The topological polar surface area (TPSA) is 72.5 Å². The number of hydrogen-bond donors (Lipinski definition) is 1. The van der Waals surface area contributed by atoms with Crippen LogP contribution in [0.1, 0.15) is 17.3 Å². The SMILES string of the molecule is CC[S@](=O)c1ccccc1C(=O)OCC(=O)Nc1cc(Cl)ccc1Cl. The number of rotatable bonds is 6. The molecule has 0 aliphatic carbocycles. The van der Waals surface area contributed by atoms with Crippen molar-refractivity contribution in [3.05, 3.63) is 58.1 Å². The van der Waals surface area contributed by atoms with Crippen LogP contribution >= 0.6 is 23.2 Å². The molecule has 0 fully saturated rings. The molecule has 1 N–H and O–H groups in total. The largest absolute Gasteiger partial charge is 0.452 e. The fourth-order valence-electron chi connectivity index (χ4n) is 1.98. The number of amides is 1. The highest BCUT2D eigenvalue weighted by Gasteiger charge is 2.17. The minimum absolute atomic E-state index is 0.177. The maximum atomic E-state index is 12.2. The van der Waals surface area contributed by atoms with E-state index < -0.39 is 29.3 Å². The van der Waals surface area contributed by atoms with Crippen LogP contribution in [0.5, 0.6) is 0 Å². The van der Waals surface area contributed by atoms with Gasteiger partial charge in [-0.1, -0.05) is 42.3 Å². The lowest BCUT2D eigenvalue weighted by Crippen LogP contribution is -2.21. The van der Waals surface area contributed by atoms with Gasteiger partial charge in [0, 0.05) is 10.8 Å². The lowest BCUT2D eigenvalue weighted by molar-refractivity contribution is -0.119. The summed E-state index contributed by atoms with van der Waals surface area (Å²) in [5, 5.41) is 3.24. The number of benzene rings is 2. The quantitative estimate of drug-likeness (QED) is 0.747. The van der Waals surface area contributed by atoms with Gasteiger partial charge in [-0.15, -0.1) is 0 Å².